The summed E-state index contributed by atoms with van der Waals surface area (Å²) in [5.74, 6) is 1.42. The van der Waals surface area contributed by atoms with Gasteiger partial charge in [0.05, 0.1) is 0 Å². The van der Waals surface area contributed by atoms with E-state index in [1.54, 1.807) is 11.3 Å². The van der Waals surface area contributed by atoms with Gasteiger partial charge in [-0.15, -0.1) is 24.0 Å². The lowest BCUT2D eigenvalue weighted by Crippen LogP contribution is -2.42. The summed E-state index contributed by atoms with van der Waals surface area (Å²) in [6.45, 7) is 7.75. The highest BCUT2D eigenvalue weighted by atomic mass is 127. The minimum absolute atomic E-state index is 0. The Bertz CT molecular complexity index is 428. The summed E-state index contributed by atoms with van der Waals surface area (Å²) >= 11 is 1.76. The van der Waals surface area contributed by atoms with E-state index in [1.807, 2.05) is 7.05 Å². The predicted molar refractivity (Wildman–Crippen MR) is 112 cm³/mol. The molecule has 132 valence electrons. The van der Waals surface area contributed by atoms with E-state index in [9.17, 15) is 0 Å². The van der Waals surface area contributed by atoms with Gasteiger partial charge in [0.1, 0.15) is 0 Å². The molecule has 0 aromatic carbocycles. The van der Waals surface area contributed by atoms with Crippen LogP contribution < -0.4 is 10.6 Å². The second-order valence-corrected chi connectivity index (χ2v) is 6.87. The molecule has 1 aromatic rings. The van der Waals surface area contributed by atoms with E-state index < -0.39 is 0 Å². The molecule has 2 rings (SSSR count). The minimum Gasteiger partial charge on any atom is -0.356 e. The molecular formula is C17H31IN4S. The van der Waals surface area contributed by atoms with Crippen LogP contribution in [0.1, 0.15) is 44.1 Å². The topological polar surface area (TPSA) is 39.7 Å². The Morgan fingerprint density at radius 1 is 1.26 bits per heavy atom. The fraction of sp³-hybridized carbons (Fsp3) is 0.706. The third-order valence-corrected chi connectivity index (χ3v) is 5.03. The number of hydrogen-bond acceptors (Lipinski definition) is 3. The van der Waals surface area contributed by atoms with Gasteiger partial charge in [0.2, 0.25) is 0 Å². The summed E-state index contributed by atoms with van der Waals surface area (Å²) in [5.41, 5.74) is 1.40. The monoisotopic (exact) mass is 450 g/mol. The van der Waals surface area contributed by atoms with Gasteiger partial charge < -0.3 is 15.5 Å². The van der Waals surface area contributed by atoms with E-state index in [2.05, 4.69) is 44.3 Å². The first-order valence-corrected chi connectivity index (χ1v) is 9.43. The highest BCUT2D eigenvalue weighted by molar-refractivity contribution is 14.0. The fourth-order valence-electron chi connectivity index (χ4n) is 2.84. The van der Waals surface area contributed by atoms with Crippen molar-refractivity contribution in [2.75, 3.05) is 39.8 Å². The third kappa shape index (κ3) is 7.85. The van der Waals surface area contributed by atoms with Crippen LogP contribution in [-0.4, -0.2) is 50.6 Å². The van der Waals surface area contributed by atoms with E-state index >= 15 is 0 Å². The molecule has 23 heavy (non-hydrogen) atoms. The van der Waals surface area contributed by atoms with Crippen LogP contribution in [0.5, 0.6) is 0 Å². The van der Waals surface area contributed by atoms with Crippen LogP contribution in [0.15, 0.2) is 21.8 Å². The van der Waals surface area contributed by atoms with Crippen molar-refractivity contribution in [2.45, 2.75) is 38.5 Å². The molecule has 2 heterocycles. The van der Waals surface area contributed by atoms with Crippen LogP contribution >= 0.6 is 35.3 Å². The first kappa shape index (κ1) is 20.7. The van der Waals surface area contributed by atoms with Gasteiger partial charge >= 0.3 is 0 Å². The molecule has 0 spiro atoms. The van der Waals surface area contributed by atoms with E-state index in [1.165, 1.54) is 44.3 Å². The standard InChI is InChI=1S/C17H30N4S.HI/c1-15(16-7-12-22-14-16)13-20-17(18-2)19-8-11-21-9-5-3-4-6-10-21;/h7,12,14-15H,3-6,8-11,13H2,1-2H3,(H2,18,19,20);1H. The Kier molecular flexibility index (Phi) is 10.9. The zero-order valence-electron chi connectivity index (χ0n) is 14.4. The van der Waals surface area contributed by atoms with Crippen molar-refractivity contribution in [1.82, 2.24) is 15.5 Å². The van der Waals surface area contributed by atoms with E-state index in [4.69, 9.17) is 0 Å². The van der Waals surface area contributed by atoms with Crippen molar-refractivity contribution in [2.24, 2.45) is 4.99 Å². The molecule has 0 bridgehead atoms. The third-order valence-electron chi connectivity index (χ3n) is 4.33. The molecule has 0 radical (unpaired) electrons. The Morgan fingerprint density at radius 2 is 2.00 bits per heavy atom. The van der Waals surface area contributed by atoms with Gasteiger partial charge in [-0.2, -0.15) is 11.3 Å². The number of guanidine groups is 1. The van der Waals surface area contributed by atoms with Gasteiger partial charge in [-0.1, -0.05) is 19.8 Å². The average molecular weight is 450 g/mol. The van der Waals surface area contributed by atoms with Crippen molar-refractivity contribution in [3.63, 3.8) is 0 Å². The van der Waals surface area contributed by atoms with Crippen LogP contribution in [0.2, 0.25) is 0 Å². The smallest absolute Gasteiger partial charge is 0.191 e. The molecule has 1 atom stereocenters. The van der Waals surface area contributed by atoms with Gasteiger partial charge in [0.15, 0.2) is 5.96 Å². The number of hydrogen-bond donors (Lipinski definition) is 2. The van der Waals surface area contributed by atoms with Crippen molar-refractivity contribution in [3.8, 4) is 0 Å². The average Bonchev–Trinajstić information content (AvgIpc) is 2.95. The van der Waals surface area contributed by atoms with Crippen molar-refractivity contribution in [1.29, 1.82) is 0 Å². The Labute approximate surface area is 162 Å². The summed E-state index contributed by atoms with van der Waals surface area (Å²) in [6.07, 6.45) is 5.50. The molecule has 0 saturated carbocycles. The lowest BCUT2D eigenvalue weighted by molar-refractivity contribution is 0.289. The number of rotatable bonds is 6. The number of likely N-dealkylation sites (tertiary alicyclic amines) is 1. The second kappa shape index (κ2) is 12.1. The zero-order valence-corrected chi connectivity index (χ0v) is 17.5. The van der Waals surface area contributed by atoms with Crippen LogP contribution in [0, 0.1) is 0 Å². The van der Waals surface area contributed by atoms with Gasteiger partial charge in [0.25, 0.3) is 0 Å². The number of nitrogens with one attached hydrogen (secondary N) is 2. The Balaban J connectivity index is 0.00000264. The molecule has 4 nitrogen and oxygen atoms in total. The van der Waals surface area contributed by atoms with E-state index in [0.717, 1.165) is 25.6 Å². The van der Waals surface area contributed by atoms with Crippen molar-refractivity contribution < 1.29 is 0 Å². The maximum Gasteiger partial charge on any atom is 0.191 e. The number of aliphatic imine (C=N–C) groups is 1. The van der Waals surface area contributed by atoms with E-state index in [0.29, 0.717) is 5.92 Å². The van der Waals surface area contributed by atoms with Crippen LogP contribution in [-0.2, 0) is 0 Å². The molecule has 2 N–H and O–H groups in total. The summed E-state index contributed by atoms with van der Waals surface area (Å²) < 4.78 is 0. The molecular weight excluding hydrogens is 419 g/mol. The lowest BCUT2D eigenvalue weighted by atomic mass is 10.1. The molecule has 0 aliphatic carbocycles. The Hall–Kier alpha value is -0.340. The molecule has 1 saturated heterocycles. The molecule has 1 aliphatic rings. The fourth-order valence-corrected chi connectivity index (χ4v) is 3.62. The van der Waals surface area contributed by atoms with Crippen LogP contribution in [0.3, 0.4) is 0 Å². The maximum atomic E-state index is 4.32. The van der Waals surface area contributed by atoms with E-state index in [-0.39, 0.29) is 24.0 Å². The highest BCUT2D eigenvalue weighted by Crippen LogP contribution is 2.16. The predicted octanol–water partition coefficient (Wildman–Crippen LogP) is 3.51. The van der Waals surface area contributed by atoms with Crippen LogP contribution in [0.4, 0.5) is 0 Å². The maximum absolute atomic E-state index is 4.32. The number of thiophene rings is 1. The second-order valence-electron chi connectivity index (χ2n) is 6.09. The summed E-state index contributed by atoms with van der Waals surface area (Å²) in [7, 11) is 1.84. The summed E-state index contributed by atoms with van der Waals surface area (Å²) in [6, 6.07) is 2.20. The first-order chi connectivity index (χ1) is 10.8. The largest absolute Gasteiger partial charge is 0.356 e. The summed E-state index contributed by atoms with van der Waals surface area (Å²) in [5, 5.41) is 11.2. The number of nitrogens with zero attached hydrogens (tertiary/aromatic N) is 2. The normalized spacial score (nSPS) is 17.9. The number of halogens is 1. The highest BCUT2D eigenvalue weighted by Gasteiger charge is 2.09. The zero-order chi connectivity index (χ0) is 15.6. The van der Waals surface area contributed by atoms with Crippen molar-refractivity contribution >= 4 is 41.3 Å². The van der Waals surface area contributed by atoms with Gasteiger partial charge in [-0.25, -0.2) is 0 Å². The van der Waals surface area contributed by atoms with Gasteiger partial charge in [0, 0.05) is 26.7 Å². The minimum atomic E-state index is 0. The van der Waals surface area contributed by atoms with Gasteiger partial charge in [-0.3, -0.25) is 4.99 Å². The molecule has 0 amide bonds. The quantitative estimate of drug-likeness (QED) is 0.396. The molecule has 1 aromatic heterocycles. The molecule has 1 unspecified atom stereocenters. The molecule has 1 aliphatic heterocycles. The van der Waals surface area contributed by atoms with Crippen LogP contribution in [0.25, 0.3) is 0 Å². The first-order valence-electron chi connectivity index (χ1n) is 8.48. The van der Waals surface area contributed by atoms with Gasteiger partial charge in [-0.05, 0) is 54.2 Å². The SMILES string of the molecule is CN=C(NCCN1CCCCCC1)NCC(C)c1ccsc1.I. The Morgan fingerprint density at radius 3 is 2.61 bits per heavy atom. The lowest BCUT2D eigenvalue weighted by Gasteiger charge is -2.21. The summed E-state index contributed by atoms with van der Waals surface area (Å²) in [4.78, 5) is 6.89. The molecule has 6 heteroatoms. The molecule has 1 fully saturated rings. The van der Waals surface area contributed by atoms with Crippen molar-refractivity contribution in [3.05, 3.63) is 22.4 Å².